The normalized spacial score (nSPS) is 11.6. The zero-order chi connectivity index (χ0) is 12.0. The number of nitrogens with zero attached hydrogens (tertiary/aromatic N) is 2. The van der Waals surface area contributed by atoms with E-state index in [1.807, 2.05) is 24.0 Å². The fourth-order valence-electron chi connectivity index (χ4n) is 1.60. The summed E-state index contributed by atoms with van der Waals surface area (Å²) in [5, 5.41) is 8.95. The van der Waals surface area contributed by atoms with E-state index >= 15 is 0 Å². The predicted octanol–water partition coefficient (Wildman–Crippen LogP) is 2.63. The number of carbonyl (C=O) groups excluding carboxylic acids is 1. The molecular formula is C13H16N2O. The molecule has 0 aromatic heterocycles. The summed E-state index contributed by atoms with van der Waals surface area (Å²) in [6.07, 6.45) is 1.81. The fourth-order valence-corrected chi connectivity index (χ4v) is 1.60. The summed E-state index contributed by atoms with van der Waals surface area (Å²) in [6.45, 7) is 4.80. The zero-order valence-electron chi connectivity index (χ0n) is 9.68. The predicted molar refractivity (Wildman–Crippen MR) is 64.5 cm³/mol. The van der Waals surface area contributed by atoms with Crippen LogP contribution in [0.2, 0.25) is 0 Å². The summed E-state index contributed by atoms with van der Waals surface area (Å²) in [5.74, 6) is 0. The molecule has 0 N–H and O–H groups in total. The van der Waals surface area contributed by atoms with Crippen LogP contribution in [0.3, 0.4) is 0 Å². The molecule has 0 saturated heterocycles. The van der Waals surface area contributed by atoms with Gasteiger partial charge in [-0.2, -0.15) is 5.26 Å². The molecular weight excluding hydrogens is 200 g/mol. The highest BCUT2D eigenvalue weighted by Crippen LogP contribution is 2.17. The van der Waals surface area contributed by atoms with Gasteiger partial charge < -0.3 is 4.90 Å². The van der Waals surface area contributed by atoms with E-state index in [1.165, 1.54) is 0 Å². The van der Waals surface area contributed by atoms with Crippen molar-refractivity contribution >= 4 is 12.0 Å². The first-order valence-electron chi connectivity index (χ1n) is 5.44. The molecule has 0 aliphatic carbocycles. The second-order valence-corrected chi connectivity index (χ2v) is 3.71. The summed E-state index contributed by atoms with van der Waals surface area (Å²) in [5.41, 5.74) is 1.64. The topological polar surface area (TPSA) is 44.1 Å². The van der Waals surface area contributed by atoms with E-state index in [1.54, 1.807) is 12.1 Å². The molecule has 0 aliphatic heterocycles. The highest BCUT2D eigenvalue weighted by molar-refractivity contribution is 5.75. The largest absolute Gasteiger partial charge is 0.356 e. The lowest BCUT2D eigenvalue weighted by molar-refractivity contribution is 0.112. The van der Waals surface area contributed by atoms with E-state index in [2.05, 4.69) is 13.0 Å². The van der Waals surface area contributed by atoms with Crippen molar-refractivity contribution in [3.8, 4) is 6.07 Å². The van der Waals surface area contributed by atoms with E-state index in [0.717, 1.165) is 24.9 Å². The van der Waals surface area contributed by atoms with Crippen molar-refractivity contribution in [1.82, 2.24) is 0 Å². The average molecular weight is 216 g/mol. The fraction of sp³-hybridized carbons (Fsp3) is 0.385. The van der Waals surface area contributed by atoms with Crippen LogP contribution in [0.25, 0.3) is 0 Å². The van der Waals surface area contributed by atoms with E-state index in [0.29, 0.717) is 5.56 Å². The van der Waals surface area contributed by atoms with Crippen molar-refractivity contribution < 1.29 is 4.79 Å². The van der Waals surface area contributed by atoms with Crippen LogP contribution in [0, 0.1) is 11.3 Å². The van der Waals surface area contributed by atoms with Gasteiger partial charge in [-0.15, -0.1) is 0 Å². The van der Waals surface area contributed by atoms with E-state index in [4.69, 9.17) is 5.26 Å². The summed E-state index contributed by atoms with van der Waals surface area (Å²) < 4.78 is 0. The van der Waals surface area contributed by atoms with Gasteiger partial charge in [0.1, 0.15) is 12.3 Å². The van der Waals surface area contributed by atoms with Gasteiger partial charge in [-0.3, -0.25) is 4.79 Å². The third kappa shape index (κ3) is 2.83. The number of nitriles is 1. The highest BCUT2D eigenvalue weighted by atomic mass is 16.1. The first-order chi connectivity index (χ1) is 7.72. The molecule has 1 aromatic carbocycles. The minimum atomic E-state index is -0.151. The Labute approximate surface area is 96.3 Å². The molecule has 0 radical (unpaired) electrons. The Bertz CT molecular complexity index is 378. The van der Waals surface area contributed by atoms with Crippen LogP contribution in [0.5, 0.6) is 0 Å². The Morgan fingerprint density at radius 2 is 2.06 bits per heavy atom. The summed E-state index contributed by atoms with van der Waals surface area (Å²) in [6, 6.07) is 9.39. The third-order valence-electron chi connectivity index (χ3n) is 2.48. The van der Waals surface area contributed by atoms with E-state index in [-0.39, 0.29) is 6.04 Å². The van der Waals surface area contributed by atoms with Gasteiger partial charge in [-0.1, -0.05) is 6.92 Å². The van der Waals surface area contributed by atoms with Gasteiger partial charge >= 0.3 is 0 Å². The Balaban J connectivity index is 2.92. The molecule has 84 valence electrons. The quantitative estimate of drug-likeness (QED) is 0.711. The first-order valence-corrected chi connectivity index (χ1v) is 5.44. The molecule has 0 spiro atoms. The maximum atomic E-state index is 10.5. The number of hydrogen-bond donors (Lipinski definition) is 0. The monoisotopic (exact) mass is 216 g/mol. The van der Waals surface area contributed by atoms with Crippen molar-refractivity contribution in [1.29, 1.82) is 5.26 Å². The third-order valence-corrected chi connectivity index (χ3v) is 2.48. The van der Waals surface area contributed by atoms with E-state index in [9.17, 15) is 4.79 Å². The lowest BCUT2D eigenvalue weighted by Gasteiger charge is -2.26. The van der Waals surface area contributed by atoms with Crippen LogP contribution in [0.4, 0.5) is 5.69 Å². The van der Waals surface area contributed by atoms with Crippen LogP contribution >= 0.6 is 0 Å². The van der Waals surface area contributed by atoms with Gasteiger partial charge in [-0.25, -0.2) is 0 Å². The van der Waals surface area contributed by atoms with Gasteiger partial charge in [0, 0.05) is 17.8 Å². The molecule has 0 amide bonds. The lowest BCUT2D eigenvalue weighted by atomic mass is 10.2. The van der Waals surface area contributed by atoms with Crippen molar-refractivity contribution in [2.75, 3.05) is 11.4 Å². The van der Waals surface area contributed by atoms with Crippen molar-refractivity contribution in [2.45, 2.75) is 26.3 Å². The number of rotatable bonds is 5. The smallest absolute Gasteiger partial charge is 0.150 e. The molecule has 0 bridgehead atoms. The van der Waals surface area contributed by atoms with Crippen molar-refractivity contribution in [3.63, 3.8) is 0 Å². The number of hydrogen-bond acceptors (Lipinski definition) is 3. The number of carbonyl (C=O) groups is 1. The van der Waals surface area contributed by atoms with E-state index < -0.39 is 0 Å². The standard InChI is InChI=1S/C13H16N2O/c1-3-8-15(11(2)9-14)13-6-4-12(10-16)5-7-13/h4-7,10-11H,3,8H2,1-2H3. The average Bonchev–Trinajstić information content (AvgIpc) is 2.35. The molecule has 0 heterocycles. The first kappa shape index (κ1) is 12.3. The molecule has 0 aliphatic rings. The highest BCUT2D eigenvalue weighted by Gasteiger charge is 2.12. The SMILES string of the molecule is CCCN(c1ccc(C=O)cc1)C(C)C#N. The van der Waals surface area contributed by atoms with Crippen molar-refractivity contribution in [2.24, 2.45) is 0 Å². The molecule has 0 fully saturated rings. The van der Waals surface area contributed by atoms with Gasteiger partial charge in [-0.05, 0) is 37.6 Å². The number of aldehydes is 1. The lowest BCUT2D eigenvalue weighted by Crippen LogP contribution is -2.32. The molecule has 0 saturated carbocycles. The van der Waals surface area contributed by atoms with Gasteiger partial charge in [0.15, 0.2) is 0 Å². The summed E-state index contributed by atoms with van der Waals surface area (Å²) in [4.78, 5) is 12.6. The Kier molecular flexibility index (Phi) is 4.53. The Hall–Kier alpha value is -1.82. The second kappa shape index (κ2) is 5.92. The molecule has 1 rings (SSSR count). The van der Waals surface area contributed by atoms with Gasteiger partial charge in [0.25, 0.3) is 0 Å². The van der Waals surface area contributed by atoms with Crippen LogP contribution in [0.1, 0.15) is 30.6 Å². The van der Waals surface area contributed by atoms with Crippen LogP contribution in [0.15, 0.2) is 24.3 Å². The molecule has 1 aromatic rings. The molecule has 3 heteroatoms. The van der Waals surface area contributed by atoms with Gasteiger partial charge in [0.2, 0.25) is 0 Å². The second-order valence-electron chi connectivity index (χ2n) is 3.71. The van der Waals surface area contributed by atoms with Gasteiger partial charge in [0.05, 0.1) is 6.07 Å². The minimum Gasteiger partial charge on any atom is -0.356 e. The number of anilines is 1. The summed E-state index contributed by atoms with van der Waals surface area (Å²) in [7, 11) is 0. The van der Waals surface area contributed by atoms with Crippen molar-refractivity contribution in [3.05, 3.63) is 29.8 Å². The Morgan fingerprint density at radius 1 is 1.44 bits per heavy atom. The Morgan fingerprint density at radius 3 is 2.50 bits per heavy atom. The minimum absolute atomic E-state index is 0.151. The maximum Gasteiger partial charge on any atom is 0.150 e. The molecule has 1 atom stereocenters. The van der Waals surface area contributed by atoms with Crippen LogP contribution in [-0.2, 0) is 0 Å². The molecule has 16 heavy (non-hydrogen) atoms. The number of benzene rings is 1. The van der Waals surface area contributed by atoms with Crippen LogP contribution in [-0.4, -0.2) is 18.9 Å². The maximum absolute atomic E-state index is 10.5. The summed E-state index contributed by atoms with van der Waals surface area (Å²) >= 11 is 0. The molecule has 3 nitrogen and oxygen atoms in total. The van der Waals surface area contributed by atoms with Crippen LogP contribution < -0.4 is 4.90 Å². The zero-order valence-corrected chi connectivity index (χ0v) is 9.68. The molecule has 1 unspecified atom stereocenters.